The Balaban J connectivity index is 3.03. The SMILES string of the molecule is CCC(C)O[P+]#N. The van der Waals surface area contributed by atoms with E-state index in [9.17, 15) is 0 Å². The molecular formula is C4H9NOP+. The van der Waals surface area contributed by atoms with Crippen LogP contribution in [0.1, 0.15) is 20.3 Å². The Bertz CT molecular complexity index is 78.2. The molecule has 0 aromatic carbocycles. The first-order chi connectivity index (χ1) is 3.31. The molecule has 0 saturated heterocycles. The number of hydrogen-bond acceptors (Lipinski definition) is 2. The summed E-state index contributed by atoms with van der Waals surface area (Å²) in [6.07, 6.45) is 1.14. The van der Waals surface area contributed by atoms with Gasteiger partial charge in [-0.15, -0.1) is 0 Å². The van der Waals surface area contributed by atoms with Crippen molar-refractivity contribution in [3.63, 3.8) is 0 Å². The summed E-state index contributed by atoms with van der Waals surface area (Å²) in [5, 5.41) is 8.12. The molecule has 0 aliphatic carbocycles. The van der Waals surface area contributed by atoms with Crippen LogP contribution in [-0.4, -0.2) is 6.10 Å². The number of hydrogen-bond donors (Lipinski definition) is 0. The number of nitrogens with zero attached hydrogens (tertiary/aromatic N) is 1. The molecule has 1 atom stereocenters. The molecule has 0 aliphatic heterocycles. The molecule has 1 unspecified atom stereocenters. The van der Waals surface area contributed by atoms with Crippen LogP contribution in [0.25, 0.3) is 0 Å². The van der Waals surface area contributed by atoms with Gasteiger partial charge in [-0.05, 0) is 0 Å². The third-order valence-electron chi connectivity index (χ3n) is 0.802. The summed E-state index contributed by atoms with van der Waals surface area (Å²) in [4.78, 5) is 0. The third-order valence-corrected chi connectivity index (χ3v) is 1.26. The van der Waals surface area contributed by atoms with Crippen molar-refractivity contribution in [1.29, 1.82) is 5.00 Å². The van der Waals surface area contributed by atoms with Gasteiger partial charge in [0.15, 0.2) is 0 Å². The molecule has 0 aromatic rings. The summed E-state index contributed by atoms with van der Waals surface area (Å²) in [6, 6.07) is 0. The van der Waals surface area contributed by atoms with Crippen molar-refractivity contribution in [2.24, 2.45) is 0 Å². The van der Waals surface area contributed by atoms with Gasteiger partial charge in [-0.3, -0.25) is 0 Å². The van der Waals surface area contributed by atoms with E-state index in [4.69, 9.17) is 9.53 Å². The molecular weight excluding hydrogens is 109 g/mol. The van der Waals surface area contributed by atoms with Crippen LogP contribution < -0.4 is 0 Å². The molecule has 0 saturated carbocycles. The second kappa shape index (κ2) is 4.26. The molecule has 0 heterocycles. The van der Waals surface area contributed by atoms with Crippen LogP contribution in [0, 0.1) is 5.00 Å². The van der Waals surface area contributed by atoms with E-state index in [1.54, 1.807) is 0 Å². The fourth-order valence-corrected chi connectivity index (χ4v) is 0.465. The van der Waals surface area contributed by atoms with Gasteiger partial charge in [0.1, 0.15) is 0 Å². The van der Waals surface area contributed by atoms with Crippen molar-refractivity contribution in [2.75, 3.05) is 0 Å². The zero-order chi connectivity index (χ0) is 5.70. The van der Waals surface area contributed by atoms with Crippen molar-refractivity contribution in [1.82, 2.24) is 0 Å². The van der Waals surface area contributed by atoms with Gasteiger partial charge in [0.25, 0.3) is 0 Å². The van der Waals surface area contributed by atoms with Crippen LogP contribution in [0.4, 0.5) is 0 Å². The van der Waals surface area contributed by atoms with Crippen molar-refractivity contribution in [2.45, 2.75) is 26.4 Å². The van der Waals surface area contributed by atoms with Gasteiger partial charge in [0.2, 0.25) is 0 Å². The maximum atomic E-state index is 8.12. The van der Waals surface area contributed by atoms with Gasteiger partial charge < -0.3 is 0 Å². The zero-order valence-electron chi connectivity index (χ0n) is 4.59. The molecule has 0 amide bonds. The average Bonchev–Trinajstić information content (AvgIpc) is 1.68. The van der Waals surface area contributed by atoms with Crippen molar-refractivity contribution in [3.05, 3.63) is 0 Å². The van der Waals surface area contributed by atoms with Crippen LogP contribution in [0.5, 0.6) is 0 Å². The van der Waals surface area contributed by atoms with E-state index < -0.39 is 0 Å². The molecule has 0 rings (SSSR count). The molecule has 0 aromatic heterocycles. The molecule has 0 radical (unpaired) electrons. The van der Waals surface area contributed by atoms with E-state index in [1.807, 2.05) is 13.8 Å². The zero-order valence-corrected chi connectivity index (χ0v) is 5.48. The Labute approximate surface area is 45.3 Å². The van der Waals surface area contributed by atoms with E-state index in [2.05, 4.69) is 0 Å². The summed E-state index contributed by atoms with van der Waals surface area (Å²) < 4.78 is 4.72. The predicted octanol–water partition coefficient (Wildman–Crippen LogP) is 2.14. The fraction of sp³-hybridized carbons (Fsp3) is 1.00. The first-order valence-electron chi connectivity index (χ1n) is 2.31. The molecule has 0 fully saturated rings. The Morgan fingerprint density at radius 1 is 1.86 bits per heavy atom. The van der Waals surface area contributed by atoms with Crippen LogP contribution in [0.2, 0.25) is 0 Å². The van der Waals surface area contributed by atoms with Gasteiger partial charge in [-0.1, -0.05) is 0 Å². The second-order valence-electron chi connectivity index (χ2n) is 1.41. The quantitative estimate of drug-likeness (QED) is 0.520. The Morgan fingerprint density at radius 3 is 2.57 bits per heavy atom. The molecule has 7 heavy (non-hydrogen) atoms. The molecule has 40 valence electrons. The van der Waals surface area contributed by atoms with Crippen LogP contribution >= 0.6 is 8.44 Å². The molecule has 0 aliphatic rings. The van der Waals surface area contributed by atoms with Crippen LogP contribution in [0.3, 0.4) is 0 Å². The normalized spacial score (nSPS) is 13.3. The van der Waals surface area contributed by atoms with Crippen molar-refractivity contribution >= 4 is 8.44 Å². The van der Waals surface area contributed by atoms with Crippen LogP contribution in [0.15, 0.2) is 0 Å². The van der Waals surface area contributed by atoms with Gasteiger partial charge >= 0.3 is 44.3 Å². The second-order valence-corrected chi connectivity index (χ2v) is 1.78. The first kappa shape index (κ1) is 7.10. The first-order valence-corrected chi connectivity index (χ1v) is 3.08. The van der Waals surface area contributed by atoms with E-state index in [0.717, 1.165) is 6.42 Å². The van der Waals surface area contributed by atoms with Gasteiger partial charge in [0, 0.05) is 0 Å². The number of rotatable bonds is 2. The summed E-state index contributed by atoms with van der Waals surface area (Å²) >= 11 is 0. The van der Waals surface area contributed by atoms with Crippen LogP contribution in [-0.2, 0) is 4.52 Å². The molecule has 0 spiro atoms. The van der Waals surface area contributed by atoms with Gasteiger partial charge in [0.05, 0.1) is 0 Å². The fourth-order valence-electron chi connectivity index (χ4n) is 0.155. The van der Waals surface area contributed by atoms with Crippen molar-refractivity contribution < 1.29 is 4.52 Å². The summed E-state index contributed by atoms with van der Waals surface area (Å²) in [5.41, 5.74) is 0. The minimum atomic E-state index is 0.0396. The summed E-state index contributed by atoms with van der Waals surface area (Å²) in [7, 11) is 0.0396. The molecule has 0 bridgehead atoms. The standard InChI is InChI=1S/C4H9NOP/c1-3-4(2)6-7-5/h4H,3H2,1-2H3/q+1. The van der Waals surface area contributed by atoms with Crippen molar-refractivity contribution in [3.8, 4) is 0 Å². The third kappa shape index (κ3) is 3.94. The Kier molecular flexibility index (Phi) is 4.32. The van der Waals surface area contributed by atoms with E-state index in [0.29, 0.717) is 0 Å². The predicted molar refractivity (Wildman–Crippen MR) is 29.5 cm³/mol. The Morgan fingerprint density at radius 2 is 2.43 bits per heavy atom. The van der Waals surface area contributed by atoms with E-state index >= 15 is 0 Å². The average molecular weight is 118 g/mol. The minimum absolute atomic E-state index is 0.0396. The molecule has 2 nitrogen and oxygen atoms in total. The Hall–Kier alpha value is 0.100. The van der Waals surface area contributed by atoms with E-state index in [-0.39, 0.29) is 14.5 Å². The monoisotopic (exact) mass is 118 g/mol. The topological polar surface area (TPSA) is 33.0 Å². The van der Waals surface area contributed by atoms with Gasteiger partial charge in [-0.2, -0.15) is 0 Å². The summed E-state index contributed by atoms with van der Waals surface area (Å²) in [6.45, 7) is 3.93. The maximum absolute atomic E-state index is 8.12. The summed E-state index contributed by atoms with van der Waals surface area (Å²) in [5.74, 6) is 0. The molecule has 0 N–H and O–H groups in total. The van der Waals surface area contributed by atoms with Gasteiger partial charge in [-0.25, -0.2) is 0 Å². The van der Waals surface area contributed by atoms with E-state index in [1.165, 1.54) is 0 Å². The molecule has 3 heteroatoms.